The van der Waals surface area contributed by atoms with E-state index >= 15 is 0 Å². The van der Waals surface area contributed by atoms with E-state index in [1.165, 1.54) is 11.1 Å². The van der Waals surface area contributed by atoms with Crippen LogP contribution in [-0.2, 0) is 19.4 Å². The summed E-state index contributed by atoms with van der Waals surface area (Å²) in [5.41, 5.74) is 9.40. The first kappa shape index (κ1) is 13.8. The highest BCUT2D eigenvalue weighted by Crippen LogP contribution is 2.17. The number of para-hydroxylation sites is 2. The quantitative estimate of drug-likeness (QED) is 0.753. The van der Waals surface area contributed by atoms with Crippen LogP contribution in [0.2, 0.25) is 0 Å². The van der Waals surface area contributed by atoms with Gasteiger partial charge in [0, 0.05) is 13.0 Å². The molecule has 1 heterocycles. The Balaban J connectivity index is 1.77. The number of hydrogen-bond donors (Lipinski definition) is 1. The van der Waals surface area contributed by atoms with Crippen LogP contribution in [0.3, 0.4) is 0 Å². The van der Waals surface area contributed by atoms with E-state index < -0.39 is 0 Å². The lowest BCUT2D eigenvalue weighted by molar-refractivity contribution is 0.624. The van der Waals surface area contributed by atoms with Crippen LogP contribution in [0.15, 0.2) is 54.6 Å². The molecule has 21 heavy (non-hydrogen) atoms. The summed E-state index contributed by atoms with van der Waals surface area (Å²) < 4.78 is 2.32. The van der Waals surface area contributed by atoms with Crippen molar-refractivity contribution < 1.29 is 0 Å². The van der Waals surface area contributed by atoms with Crippen LogP contribution in [0, 0.1) is 0 Å². The summed E-state index contributed by atoms with van der Waals surface area (Å²) in [7, 11) is 0. The molecule has 0 saturated carbocycles. The van der Waals surface area contributed by atoms with Crippen LogP contribution in [0.5, 0.6) is 0 Å². The van der Waals surface area contributed by atoms with Gasteiger partial charge in [-0.1, -0.05) is 42.5 Å². The Hall–Kier alpha value is -2.13. The number of nitrogens with two attached hydrogens (primary N) is 1. The van der Waals surface area contributed by atoms with Crippen molar-refractivity contribution >= 4 is 11.0 Å². The molecule has 0 radical (unpaired) electrons. The zero-order valence-corrected chi connectivity index (χ0v) is 12.2. The van der Waals surface area contributed by atoms with Gasteiger partial charge in [-0.05, 0) is 37.1 Å². The summed E-state index contributed by atoms with van der Waals surface area (Å²) in [6, 6.07) is 19.0. The number of hydrogen-bond acceptors (Lipinski definition) is 2. The molecule has 3 aromatic rings. The minimum Gasteiger partial charge on any atom is -0.330 e. The molecule has 0 fully saturated rings. The third-order valence-corrected chi connectivity index (χ3v) is 3.79. The van der Waals surface area contributed by atoms with Gasteiger partial charge in [0.1, 0.15) is 5.82 Å². The van der Waals surface area contributed by atoms with Crippen molar-refractivity contribution in [1.29, 1.82) is 0 Å². The van der Waals surface area contributed by atoms with Gasteiger partial charge in [0.15, 0.2) is 0 Å². The van der Waals surface area contributed by atoms with E-state index in [1.807, 2.05) is 6.07 Å². The van der Waals surface area contributed by atoms with Gasteiger partial charge < -0.3 is 10.3 Å². The Labute approximate surface area is 125 Å². The fourth-order valence-electron chi connectivity index (χ4n) is 2.78. The molecule has 0 bridgehead atoms. The van der Waals surface area contributed by atoms with Crippen molar-refractivity contribution in [3.63, 3.8) is 0 Å². The molecular weight excluding hydrogens is 258 g/mol. The Bertz CT molecular complexity index is 701. The second-order valence-electron chi connectivity index (χ2n) is 5.30. The maximum Gasteiger partial charge on any atom is 0.111 e. The van der Waals surface area contributed by atoms with Crippen molar-refractivity contribution in [2.24, 2.45) is 5.73 Å². The lowest BCUT2D eigenvalue weighted by Gasteiger charge is -2.09. The maximum atomic E-state index is 5.72. The molecule has 3 nitrogen and oxygen atoms in total. The highest BCUT2D eigenvalue weighted by Gasteiger charge is 2.09. The highest BCUT2D eigenvalue weighted by atomic mass is 15.1. The Morgan fingerprint density at radius 3 is 2.48 bits per heavy atom. The number of benzene rings is 2. The third-order valence-electron chi connectivity index (χ3n) is 3.79. The van der Waals surface area contributed by atoms with Crippen LogP contribution in [0.4, 0.5) is 0 Å². The molecular formula is C18H21N3. The molecule has 0 aliphatic rings. The van der Waals surface area contributed by atoms with E-state index in [1.54, 1.807) is 0 Å². The summed E-state index contributed by atoms with van der Waals surface area (Å²) in [5, 5.41) is 0. The smallest absolute Gasteiger partial charge is 0.111 e. The summed E-state index contributed by atoms with van der Waals surface area (Å²) >= 11 is 0. The number of aryl methyl sites for hydroxylation is 2. The summed E-state index contributed by atoms with van der Waals surface area (Å²) in [6.45, 7) is 1.63. The highest BCUT2D eigenvalue weighted by molar-refractivity contribution is 5.75. The molecule has 0 amide bonds. The SMILES string of the molecule is NCCc1nc2ccccc2n1CCCc1ccccc1. The normalized spacial score (nSPS) is 11.1. The average Bonchev–Trinajstić information content (AvgIpc) is 2.87. The number of rotatable bonds is 6. The molecule has 3 heteroatoms. The van der Waals surface area contributed by atoms with E-state index in [0.29, 0.717) is 6.54 Å². The molecule has 0 aliphatic heterocycles. The van der Waals surface area contributed by atoms with Gasteiger partial charge in [-0.15, -0.1) is 0 Å². The van der Waals surface area contributed by atoms with Crippen LogP contribution in [0.25, 0.3) is 11.0 Å². The van der Waals surface area contributed by atoms with Gasteiger partial charge in [-0.2, -0.15) is 0 Å². The van der Waals surface area contributed by atoms with E-state index in [2.05, 4.69) is 53.1 Å². The number of imidazole rings is 1. The van der Waals surface area contributed by atoms with Crippen LogP contribution < -0.4 is 5.73 Å². The van der Waals surface area contributed by atoms with Crippen molar-refractivity contribution in [1.82, 2.24) is 9.55 Å². The van der Waals surface area contributed by atoms with Crippen LogP contribution in [0.1, 0.15) is 17.8 Å². The second-order valence-corrected chi connectivity index (χ2v) is 5.30. The van der Waals surface area contributed by atoms with Crippen LogP contribution >= 0.6 is 0 Å². The van der Waals surface area contributed by atoms with E-state index in [9.17, 15) is 0 Å². The van der Waals surface area contributed by atoms with E-state index in [4.69, 9.17) is 10.7 Å². The van der Waals surface area contributed by atoms with Gasteiger partial charge in [-0.3, -0.25) is 0 Å². The monoisotopic (exact) mass is 279 g/mol. The summed E-state index contributed by atoms with van der Waals surface area (Å²) in [6.07, 6.45) is 3.04. The third kappa shape index (κ3) is 3.14. The minimum atomic E-state index is 0.641. The molecule has 0 spiro atoms. The average molecular weight is 279 g/mol. The standard InChI is InChI=1S/C18H21N3/c19-13-12-18-20-16-10-4-5-11-17(16)21(18)14-6-9-15-7-2-1-3-8-15/h1-5,7-8,10-11H,6,9,12-14,19H2. The molecule has 0 saturated heterocycles. The molecule has 2 N–H and O–H groups in total. The number of fused-ring (bicyclic) bond motifs is 1. The van der Waals surface area contributed by atoms with E-state index in [0.717, 1.165) is 37.1 Å². The van der Waals surface area contributed by atoms with Gasteiger partial charge in [0.25, 0.3) is 0 Å². The molecule has 0 aliphatic carbocycles. The summed E-state index contributed by atoms with van der Waals surface area (Å²) in [4.78, 5) is 4.71. The lowest BCUT2D eigenvalue weighted by Crippen LogP contribution is -2.10. The first-order valence-electron chi connectivity index (χ1n) is 7.56. The first-order chi connectivity index (χ1) is 10.4. The molecule has 0 unspecified atom stereocenters. The van der Waals surface area contributed by atoms with Crippen molar-refractivity contribution in [2.75, 3.05) is 6.54 Å². The Kier molecular flexibility index (Phi) is 4.31. The number of aromatic nitrogens is 2. The van der Waals surface area contributed by atoms with Crippen molar-refractivity contribution in [3.8, 4) is 0 Å². The molecule has 108 valence electrons. The van der Waals surface area contributed by atoms with Gasteiger partial charge in [0.05, 0.1) is 11.0 Å². The topological polar surface area (TPSA) is 43.8 Å². The van der Waals surface area contributed by atoms with Crippen LogP contribution in [-0.4, -0.2) is 16.1 Å². The van der Waals surface area contributed by atoms with Crippen molar-refractivity contribution in [2.45, 2.75) is 25.8 Å². The lowest BCUT2D eigenvalue weighted by atomic mass is 10.1. The Morgan fingerprint density at radius 1 is 0.905 bits per heavy atom. The minimum absolute atomic E-state index is 0.641. The van der Waals surface area contributed by atoms with Crippen molar-refractivity contribution in [3.05, 3.63) is 66.0 Å². The fourth-order valence-corrected chi connectivity index (χ4v) is 2.78. The first-order valence-corrected chi connectivity index (χ1v) is 7.56. The Morgan fingerprint density at radius 2 is 1.67 bits per heavy atom. The predicted molar refractivity (Wildman–Crippen MR) is 87.3 cm³/mol. The molecule has 0 atom stereocenters. The van der Waals surface area contributed by atoms with Gasteiger partial charge in [0.2, 0.25) is 0 Å². The molecule has 1 aromatic heterocycles. The van der Waals surface area contributed by atoms with E-state index in [-0.39, 0.29) is 0 Å². The number of nitrogens with zero attached hydrogens (tertiary/aromatic N) is 2. The molecule has 2 aromatic carbocycles. The zero-order chi connectivity index (χ0) is 14.5. The summed E-state index contributed by atoms with van der Waals surface area (Å²) in [5.74, 6) is 1.10. The van der Waals surface area contributed by atoms with Gasteiger partial charge >= 0.3 is 0 Å². The zero-order valence-electron chi connectivity index (χ0n) is 12.2. The molecule has 3 rings (SSSR count). The predicted octanol–water partition coefficient (Wildman–Crippen LogP) is 3.17. The van der Waals surface area contributed by atoms with Gasteiger partial charge in [-0.25, -0.2) is 4.98 Å². The largest absolute Gasteiger partial charge is 0.330 e. The maximum absolute atomic E-state index is 5.72. The fraction of sp³-hybridized carbons (Fsp3) is 0.278. The second kappa shape index (κ2) is 6.55.